The van der Waals surface area contributed by atoms with E-state index in [1.165, 1.54) is 20.3 Å². The van der Waals surface area contributed by atoms with Crippen molar-refractivity contribution in [1.82, 2.24) is 14.9 Å². The number of hydrogen-bond donors (Lipinski definition) is 1. The Bertz CT molecular complexity index is 1160. The largest absolute Gasteiger partial charge is 0.493 e. The molecule has 0 aliphatic carbocycles. The highest BCUT2D eigenvalue weighted by Gasteiger charge is 2.14. The zero-order chi connectivity index (χ0) is 21.7. The van der Waals surface area contributed by atoms with Crippen LogP contribution in [0, 0.1) is 0 Å². The Balaban J connectivity index is 1.85. The third-order valence-corrected chi connectivity index (χ3v) is 4.80. The molecule has 156 valence electrons. The summed E-state index contributed by atoms with van der Waals surface area (Å²) in [7, 11) is 3.02. The highest BCUT2D eigenvalue weighted by atomic mass is 35.5. The van der Waals surface area contributed by atoms with E-state index >= 15 is 0 Å². The van der Waals surface area contributed by atoms with Gasteiger partial charge in [-0.15, -0.1) is 0 Å². The molecule has 7 nitrogen and oxygen atoms in total. The van der Waals surface area contributed by atoms with E-state index < -0.39 is 0 Å². The molecule has 0 aliphatic heterocycles. The molecular weight excluding hydrogens is 406 g/mol. The summed E-state index contributed by atoms with van der Waals surface area (Å²) in [6, 6.07) is 10.4. The number of carbonyl (C=O) groups excluding carboxylic acids is 1. The van der Waals surface area contributed by atoms with Gasteiger partial charge in [-0.25, -0.2) is 4.98 Å². The molecule has 30 heavy (non-hydrogen) atoms. The summed E-state index contributed by atoms with van der Waals surface area (Å²) < 4.78 is 10.5. The molecule has 1 heterocycles. The Hall–Kier alpha value is -3.32. The van der Waals surface area contributed by atoms with Crippen molar-refractivity contribution in [2.75, 3.05) is 20.8 Å². The number of hydrogen-bond acceptors (Lipinski definition) is 5. The van der Waals surface area contributed by atoms with Crippen LogP contribution < -0.4 is 15.0 Å². The Labute approximate surface area is 178 Å². The van der Waals surface area contributed by atoms with Gasteiger partial charge in [0.2, 0.25) is 5.91 Å². The number of likely N-dealkylation sites (N-methyl/N-ethyl adjacent to an activating group) is 1. The van der Waals surface area contributed by atoms with Gasteiger partial charge in [0, 0.05) is 23.7 Å². The molecular formula is C22H22ClN3O4. The second-order valence-corrected chi connectivity index (χ2v) is 6.91. The van der Waals surface area contributed by atoms with Crippen molar-refractivity contribution >= 4 is 34.5 Å². The van der Waals surface area contributed by atoms with E-state index in [1.807, 2.05) is 19.1 Å². The number of methoxy groups -OCH3 is 2. The van der Waals surface area contributed by atoms with E-state index in [1.54, 1.807) is 35.2 Å². The van der Waals surface area contributed by atoms with Gasteiger partial charge in [-0.3, -0.25) is 9.59 Å². The fourth-order valence-electron chi connectivity index (χ4n) is 3.00. The fraction of sp³-hybridized carbons (Fsp3) is 0.227. The number of carbonyl (C=O) groups is 1. The van der Waals surface area contributed by atoms with Crippen LogP contribution in [0.4, 0.5) is 0 Å². The standard InChI is InChI=1S/C22H22ClN3O4/c1-4-26(21(27)9-8-14-6-5-7-15(23)10-14)13-20-24-17-12-19(30-3)18(29-2)11-16(17)22(28)25-20/h5-12H,4,13H2,1-3H3,(H,24,25,28). The Morgan fingerprint density at radius 2 is 1.93 bits per heavy atom. The summed E-state index contributed by atoms with van der Waals surface area (Å²) >= 11 is 5.97. The molecule has 0 atom stereocenters. The van der Waals surface area contributed by atoms with Gasteiger partial charge in [0.25, 0.3) is 5.56 Å². The molecule has 1 N–H and O–H groups in total. The Morgan fingerprint density at radius 1 is 1.20 bits per heavy atom. The number of fused-ring (bicyclic) bond motifs is 1. The maximum Gasteiger partial charge on any atom is 0.258 e. The topological polar surface area (TPSA) is 84.5 Å². The summed E-state index contributed by atoms with van der Waals surface area (Å²) in [5, 5.41) is 0.980. The highest BCUT2D eigenvalue weighted by Crippen LogP contribution is 2.29. The van der Waals surface area contributed by atoms with Crippen molar-refractivity contribution in [3.63, 3.8) is 0 Å². The third-order valence-electron chi connectivity index (χ3n) is 4.56. The van der Waals surface area contributed by atoms with Gasteiger partial charge in [0.15, 0.2) is 11.5 Å². The Kier molecular flexibility index (Phi) is 6.74. The maximum atomic E-state index is 12.6. The molecule has 2 aromatic carbocycles. The zero-order valence-electron chi connectivity index (χ0n) is 16.9. The van der Waals surface area contributed by atoms with Crippen LogP contribution in [-0.4, -0.2) is 41.5 Å². The van der Waals surface area contributed by atoms with Crippen molar-refractivity contribution in [3.05, 3.63) is 69.2 Å². The molecule has 0 aliphatic rings. The molecule has 0 bridgehead atoms. The van der Waals surface area contributed by atoms with Gasteiger partial charge < -0.3 is 19.4 Å². The summed E-state index contributed by atoms with van der Waals surface area (Å²) in [6.07, 6.45) is 3.17. The number of benzene rings is 2. The van der Waals surface area contributed by atoms with Crippen molar-refractivity contribution in [2.24, 2.45) is 0 Å². The summed E-state index contributed by atoms with van der Waals surface area (Å²) in [6.45, 7) is 2.47. The van der Waals surface area contributed by atoms with Gasteiger partial charge in [-0.05, 0) is 36.8 Å². The molecule has 0 spiro atoms. The number of rotatable bonds is 7. The molecule has 0 saturated carbocycles. The van der Waals surface area contributed by atoms with E-state index in [0.717, 1.165) is 5.56 Å². The molecule has 1 aromatic heterocycles. The SMILES string of the molecule is CCN(Cc1nc2cc(OC)c(OC)cc2c(=O)[nH]1)C(=O)C=Cc1cccc(Cl)c1. The predicted molar refractivity (Wildman–Crippen MR) is 117 cm³/mol. The summed E-state index contributed by atoms with van der Waals surface area (Å²) in [5.41, 5.74) is 0.975. The quantitative estimate of drug-likeness (QED) is 0.582. The number of amides is 1. The van der Waals surface area contributed by atoms with E-state index in [-0.39, 0.29) is 18.0 Å². The first-order valence-electron chi connectivity index (χ1n) is 9.32. The lowest BCUT2D eigenvalue weighted by molar-refractivity contribution is -0.126. The molecule has 0 fully saturated rings. The smallest absolute Gasteiger partial charge is 0.258 e. The van der Waals surface area contributed by atoms with Crippen molar-refractivity contribution in [3.8, 4) is 11.5 Å². The molecule has 1 amide bonds. The molecule has 3 rings (SSSR count). The molecule has 0 radical (unpaired) electrons. The van der Waals surface area contributed by atoms with Crippen molar-refractivity contribution in [2.45, 2.75) is 13.5 Å². The summed E-state index contributed by atoms with van der Waals surface area (Å²) in [4.78, 5) is 34.0. The van der Waals surface area contributed by atoms with Crippen LogP contribution in [0.25, 0.3) is 17.0 Å². The van der Waals surface area contributed by atoms with Crippen LogP contribution in [0.3, 0.4) is 0 Å². The van der Waals surface area contributed by atoms with Crippen LogP contribution in [0.1, 0.15) is 18.3 Å². The fourth-order valence-corrected chi connectivity index (χ4v) is 3.20. The minimum absolute atomic E-state index is 0.161. The number of aromatic amines is 1. The number of halogens is 1. The zero-order valence-corrected chi connectivity index (χ0v) is 17.7. The second-order valence-electron chi connectivity index (χ2n) is 6.48. The van der Waals surface area contributed by atoms with Gasteiger partial charge in [0.1, 0.15) is 5.82 Å². The normalized spacial score (nSPS) is 11.1. The van der Waals surface area contributed by atoms with E-state index in [4.69, 9.17) is 21.1 Å². The monoisotopic (exact) mass is 427 g/mol. The van der Waals surface area contributed by atoms with E-state index in [9.17, 15) is 9.59 Å². The van der Waals surface area contributed by atoms with Gasteiger partial charge in [0.05, 0.1) is 31.7 Å². The minimum Gasteiger partial charge on any atom is -0.493 e. The third kappa shape index (κ3) is 4.80. The number of H-pyrrole nitrogens is 1. The molecule has 3 aromatic rings. The lowest BCUT2D eigenvalue weighted by Crippen LogP contribution is -2.30. The Morgan fingerprint density at radius 3 is 2.60 bits per heavy atom. The lowest BCUT2D eigenvalue weighted by atomic mass is 10.2. The van der Waals surface area contributed by atoms with Crippen molar-refractivity contribution < 1.29 is 14.3 Å². The van der Waals surface area contributed by atoms with Crippen LogP contribution in [0.5, 0.6) is 11.5 Å². The first kappa shape index (κ1) is 21.4. The van der Waals surface area contributed by atoms with Crippen molar-refractivity contribution in [1.29, 1.82) is 0 Å². The maximum absolute atomic E-state index is 12.6. The second kappa shape index (κ2) is 9.45. The first-order valence-corrected chi connectivity index (χ1v) is 9.70. The van der Waals surface area contributed by atoms with Crippen LogP contribution in [0.2, 0.25) is 5.02 Å². The number of nitrogens with one attached hydrogen (secondary N) is 1. The average Bonchev–Trinajstić information content (AvgIpc) is 2.75. The highest BCUT2D eigenvalue weighted by molar-refractivity contribution is 6.30. The van der Waals surface area contributed by atoms with Crippen LogP contribution in [-0.2, 0) is 11.3 Å². The molecule has 8 heteroatoms. The van der Waals surface area contributed by atoms with E-state index in [0.29, 0.717) is 39.8 Å². The number of ether oxygens (including phenoxy) is 2. The molecule has 0 saturated heterocycles. The number of nitrogens with zero attached hydrogens (tertiary/aromatic N) is 2. The predicted octanol–water partition coefficient (Wildman–Crippen LogP) is 3.66. The molecule has 0 unspecified atom stereocenters. The summed E-state index contributed by atoms with van der Waals surface area (Å²) in [5.74, 6) is 1.10. The lowest BCUT2D eigenvalue weighted by Gasteiger charge is -2.18. The van der Waals surface area contributed by atoms with Gasteiger partial charge in [-0.2, -0.15) is 0 Å². The van der Waals surface area contributed by atoms with E-state index in [2.05, 4.69) is 9.97 Å². The first-order chi connectivity index (χ1) is 14.4. The minimum atomic E-state index is -0.311. The van der Waals surface area contributed by atoms with Gasteiger partial charge >= 0.3 is 0 Å². The average molecular weight is 428 g/mol. The number of aromatic nitrogens is 2. The van der Waals surface area contributed by atoms with Crippen LogP contribution >= 0.6 is 11.6 Å². The van der Waals surface area contributed by atoms with Crippen LogP contribution in [0.15, 0.2) is 47.3 Å². The van der Waals surface area contributed by atoms with Gasteiger partial charge in [-0.1, -0.05) is 23.7 Å².